The molecule has 0 aromatic heterocycles. The molecule has 0 heterocycles. The molecule has 0 amide bonds. The van der Waals surface area contributed by atoms with Crippen LogP contribution in [0.15, 0.2) is 24.3 Å². The minimum absolute atomic E-state index is 0.00965. The fourth-order valence-electron chi connectivity index (χ4n) is 1.20. The highest BCUT2D eigenvalue weighted by Crippen LogP contribution is 2.23. The average Bonchev–Trinajstić information content (AvgIpc) is 2.15. The Morgan fingerprint density at radius 1 is 1.33 bits per heavy atom. The van der Waals surface area contributed by atoms with E-state index in [2.05, 4.69) is 0 Å². The van der Waals surface area contributed by atoms with Crippen LogP contribution in [0.2, 0.25) is 0 Å². The van der Waals surface area contributed by atoms with Gasteiger partial charge in [-0.1, -0.05) is 18.2 Å². The third-order valence-corrected chi connectivity index (χ3v) is 3.95. The fraction of sp³-hybridized carbons (Fsp3) is 0.400. The second-order valence-corrected chi connectivity index (χ2v) is 5.90. The second-order valence-electron chi connectivity index (χ2n) is 3.50. The lowest BCUT2D eigenvalue weighted by molar-refractivity contribution is 0.171. The maximum atomic E-state index is 13.2. The lowest BCUT2D eigenvalue weighted by atomic mass is 10.1. The third kappa shape index (κ3) is 2.76. The van der Waals surface area contributed by atoms with E-state index in [4.69, 9.17) is 0 Å². The molecule has 1 N–H and O–H groups in total. The molecule has 0 spiro atoms. The van der Waals surface area contributed by atoms with Crippen LogP contribution in [0.25, 0.3) is 0 Å². The van der Waals surface area contributed by atoms with Gasteiger partial charge in [0.15, 0.2) is 9.84 Å². The Labute approximate surface area is 88.5 Å². The van der Waals surface area contributed by atoms with Gasteiger partial charge in [-0.2, -0.15) is 0 Å². The van der Waals surface area contributed by atoms with Gasteiger partial charge in [-0.3, -0.25) is 0 Å². The van der Waals surface area contributed by atoms with Gasteiger partial charge in [-0.15, -0.1) is 0 Å². The number of aliphatic hydroxyl groups is 1. The van der Waals surface area contributed by atoms with E-state index in [1.807, 2.05) is 0 Å². The monoisotopic (exact) mass is 232 g/mol. The van der Waals surface area contributed by atoms with Crippen molar-refractivity contribution < 1.29 is 17.9 Å². The number of hydrogen-bond acceptors (Lipinski definition) is 3. The maximum Gasteiger partial charge on any atom is 0.152 e. The van der Waals surface area contributed by atoms with Gasteiger partial charge < -0.3 is 5.11 Å². The van der Waals surface area contributed by atoms with Gasteiger partial charge in [0, 0.05) is 11.8 Å². The zero-order valence-electron chi connectivity index (χ0n) is 8.51. The van der Waals surface area contributed by atoms with Gasteiger partial charge in [0.2, 0.25) is 0 Å². The van der Waals surface area contributed by atoms with Gasteiger partial charge >= 0.3 is 0 Å². The van der Waals surface area contributed by atoms with Crippen LogP contribution in [0.1, 0.15) is 18.6 Å². The Balaban J connectivity index is 3.06. The van der Waals surface area contributed by atoms with Crippen LogP contribution in [0.5, 0.6) is 0 Å². The van der Waals surface area contributed by atoms with Crippen molar-refractivity contribution in [2.45, 2.75) is 18.3 Å². The largest absolute Gasteiger partial charge is 0.387 e. The van der Waals surface area contributed by atoms with Crippen molar-refractivity contribution in [1.82, 2.24) is 0 Å². The predicted octanol–water partition coefficient (Wildman–Crippen LogP) is 1.29. The van der Waals surface area contributed by atoms with E-state index in [1.54, 1.807) is 6.07 Å². The molecule has 2 atom stereocenters. The number of halogens is 1. The molecule has 0 aliphatic carbocycles. The molecule has 84 valence electrons. The summed E-state index contributed by atoms with van der Waals surface area (Å²) in [5.74, 6) is -0.597. The molecule has 0 aliphatic heterocycles. The smallest absolute Gasteiger partial charge is 0.152 e. The van der Waals surface area contributed by atoms with E-state index in [-0.39, 0.29) is 5.56 Å². The lowest BCUT2D eigenvalue weighted by Gasteiger charge is -2.17. The van der Waals surface area contributed by atoms with Crippen molar-refractivity contribution in [3.8, 4) is 0 Å². The highest BCUT2D eigenvalue weighted by molar-refractivity contribution is 7.91. The zero-order chi connectivity index (χ0) is 11.6. The van der Waals surface area contributed by atoms with Crippen LogP contribution >= 0.6 is 0 Å². The highest BCUT2D eigenvalue weighted by atomic mass is 32.2. The first-order chi connectivity index (χ1) is 6.84. The summed E-state index contributed by atoms with van der Waals surface area (Å²) in [7, 11) is -3.38. The molecule has 3 nitrogen and oxygen atoms in total. The lowest BCUT2D eigenvalue weighted by Crippen LogP contribution is -2.24. The number of benzene rings is 1. The van der Waals surface area contributed by atoms with Crippen molar-refractivity contribution in [2.75, 3.05) is 6.26 Å². The fourth-order valence-corrected chi connectivity index (χ4v) is 1.82. The summed E-state index contributed by atoms with van der Waals surface area (Å²) in [6, 6.07) is 5.60. The van der Waals surface area contributed by atoms with Gasteiger partial charge in [0.25, 0.3) is 0 Å². The number of rotatable bonds is 3. The standard InChI is InChI=1S/C10H13FO3S/c1-7(15(2,13)14)10(12)8-5-3-4-6-9(8)11/h3-7,10,12H,1-2H3/t7-,10+/m1/s1. The van der Waals surface area contributed by atoms with E-state index in [9.17, 15) is 17.9 Å². The second kappa shape index (κ2) is 4.28. The van der Waals surface area contributed by atoms with Crippen LogP contribution in [0.4, 0.5) is 4.39 Å². The molecule has 1 aromatic rings. The number of sulfone groups is 1. The predicted molar refractivity (Wildman–Crippen MR) is 55.7 cm³/mol. The van der Waals surface area contributed by atoms with Crippen LogP contribution in [-0.4, -0.2) is 25.0 Å². The summed E-state index contributed by atoms with van der Waals surface area (Å²) in [6.45, 7) is 1.35. The Bertz CT molecular complexity index is 442. The van der Waals surface area contributed by atoms with E-state index < -0.39 is 27.0 Å². The molecule has 1 aromatic carbocycles. The molecule has 0 unspecified atom stereocenters. The van der Waals surface area contributed by atoms with Gasteiger partial charge in [-0.05, 0) is 13.0 Å². The van der Waals surface area contributed by atoms with Gasteiger partial charge in [-0.25, -0.2) is 12.8 Å². The first-order valence-electron chi connectivity index (χ1n) is 4.45. The first kappa shape index (κ1) is 12.1. The van der Waals surface area contributed by atoms with Crippen molar-refractivity contribution in [3.05, 3.63) is 35.6 Å². The summed E-state index contributed by atoms with van der Waals surface area (Å²) in [6.07, 6.45) is -0.317. The molecule has 0 bridgehead atoms. The van der Waals surface area contributed by atoms with Crippen LogP contribution < -0.4 is 0 Å². The molecular formula is C10H13FO3S. The summed E-state index contributed by atoms with van der Waals surface area (Å²) in [5, 5.41) is 8.67. The highest BCUT2D eigenvalue weighted by Gasteiger charge is 2.27. The topological polar surface area (TPSA) is 54.4 Å². The zero-order valence-corrected chi connectivity index (χ0v) is 9.33. The first-order valence-corrected chi connectivity index (χ1v) is 6.41. The summed E-state index contributed by atoms with van der Waals surface area (Å²) >= 11 is 0. The molecule has 0 aliphatic rings. The Morgan fingerprint density at radius 2 is 1.87 bits per heavy atom. The third-order valence-electron chi connectivity index (χ3n) is 2.34. The van der Waals surface area contributed by atoms with Crippen LogP contribution in [-0.2, 0) is 9.84 Å². The molecule has 5 heteroatoms. The van der Waals surface area contributed by atoms with E-state index in [0.29, 0.717) is 0 Å². The Morgan fingerprint density at radius 3 is 2.33 bits per heavy atom. The minimum Gasteiger partial charge on any atom is -0.387 e. The molecule has 1 rings (SSSR count). The summed E-state index contributed by atoms with van der Waals surface area (Å²) in [4.78, 5) is 0. The summed E-state index contributed by atoms with van der Waals surface area (Å²) in [5.41, 5.74) is 0.00965. The van der Waals surface area contributed by atoms with Crippen molar-refractivity contribution >= 4 is 9.84 Å². The van der Waals surface area contributed by atoms with Crippen LogP contribution in [0.3, 0.4) is 0 Å². The van der Waals surface area contributed by atoms with Gasteiger partial charge in [0.05, 0.1) is 11.4 Å². The van der Waals surface area contributed by atoms with E-state index in [0.717, 1.165) is 6.26 Å². The Kier molecular flexibility index (Phi) is 3.46. The van der Waals surface area contributed by atoms with Crippen LogP contribution in [0, 0.1) is 5.82 Å². The van der Waals surface area contributed by atoms with Gasteiger partial charge in [0.1, 0.15) is 5.82 Å². The number of aliphatic hydroxyl groups excluding tert-OH is 1. The number of hydrogen-bond donors (Lipinski definition) is 1. The minimum atomic E-state index is -3.38. The van der Waals surface area contributed by atoms with Crippen molar-refractivity contribution in [2.24, 2.45) is 0 Å². The van der Waals surface area contributed by atoms with E-state index >= 15 is 0 Å². The average molecular weight is 232 g/mol. The molecule has 15 heavy (non-hydrogen) atoms. The molecular weight excluding hydrogens is 219 g/mol. The molecule has 0 fully saturated rings. The molecule has 0 radical (unpaired) electrons. The maximum absolute atomic E-state index is 13.2. The Hall–Kier alpha value is -0.940. The SMILES string of the molecule is C[C@H]([C@H](O)c1ccccc1F)S(C)(=O)=O. The summed E-state index contributed by atoms with van der Waals surface area (Å²) < 4.78 is 35.6. The van der Waals surface area contributed by atoms with Crippen molar-refractivity contribution in [1.29, 1.82) is 0 Å². The molecule has 0 saturated heterocycles. The molecule has 0 saturated carbocycles. The van der Waals surface area contributed by atoms with E-state index in [1.165, 1.54) is 25.1 Å². The normalized spacial score (nSPS) is 16.0. The quantitative estimate of drug-likeness (QED) is 0.854. The van der Waals surface area contributed by atoms with Crippen molar-refractivity contribution in [3.63, 3.8) is 0 Å².